The van der Waals surface area contributed by atoms with E-state index in [1.54, 1.807) is 24.3 Å². The first kappa shape index (κ1) is 23.9. The van der Waals surface area contributed by atoms with Gasteiger partial charge in [0.1, 0.15) is 5.82 Å². The highest BCUT2D eigenvalue weighted by Crippen LogP contribution is 2.22. The minimum Gasteiger partial charge on any atom is -0.296 e. The van der Waals surface area contributed by atoms with Crippen LogP contribution in [0.15, 0.2) is 83.7 Å². The Kier molecular flexibility index (Phi) is 6.76. The standard InChI is InChI=1S/C28H26N6O3/c1-2-18-33-28(37)21-13-7-6-12-20(21)26(32-33)27(36)31-30-25(35)17-16-24-29-22-14-8-9-15-23(22)34(24)19-10-4-3-5-11-19/h3-15H,2,16-18H2,1H3,(H,30,35)(H,31,36). The Morgan fingerprint density at radius 3 is 2.35 bits per heavy atom. The van der Waals surface area contributed by atoms with Gasteiger partial charge >= 0.3 is 0 Å². The molecule has 2 N–H and O–H groups in total. The van der Waals surface area contributed by atoms with Crippen LogP contribution in [0.3, 0.4) is 0 Å². The number of aryl methyl sites for hydroxylation is 2. The molecule has 0 spiro atoms. The van der Waals surface area contributed by atoms with E-state index in [0.29, 0.717) is 30.2 Å². The number of carbonyl (C=O) groups is 2. The maximum absolute atomic E-state index is 12.9. The minimum atomic E-state index is -0.592. The number of imidazole rings is 1. The van der Waals surface area contributed by atoms with Gasteiger partial charge in [0.2, 0.25) is 5.91 Å². The molecule has 2 amide bonds. The fourth-order valence-corrected chi connectivity index (χ4v) is 4.35. The van der Waals surface area contributed by atoms with Crippen molar-refractivity contribution >= 4 is 33.6 Å². The molecule has 0 bridgehead atoms. The van der Waals surface area contributed by atoms with Gasteiger partial charge in [-0.25, -0.2) is 9.67 Å². The van der Waals surface area contributed by atoms with Crippen molar-refractivity contribution in [2.24, 2.45) is 0 Å². The highest BCUT2D eigenvalue weighted by molar-refractivity contribution is 6.05. The van der Waals surface area contributed by atoms with E-state index in [0.717, 1.165) is 22.5 Å². The molecule has 0 saturated carbocycles. The normalized spacial score (nSPS) is 11.1. The summed E-state index contributed by atoms with van der Waals surface area (Å²) in [5, 5.41) is 5.10. The predicted octanol–water partition coefficient (Wildman–Crippen LogP) is 3.54. The summed E-state index contributed by atoms with van der Waals surface area (Å²) in [6.45, 7) is 2.31. The summed E-state index contributed by atoms with van der Waals surface area (Å²) < 4.78 is 3.32. The van der Waals surface area contributed by atoms with Crippen molar-refractivity contribution < 1.29 is 9.59 Å². The van der Waals surface area contributed by atoms with E-state index >= 15 is 0 Å². The van der Waals surface area contributed by atoms with Crippen LogP contribution in [0, 0.1) is 0 Å². The van der Waals surface area contributed by atoms with Crippen LogP contribution in [0.1, 0.15) is 36.1 Å². The summed E-state index contributed by atoms with van der Waals surface area (Å²) in [5.74, 6) is -0.217. The van der Waals surface area contributed by atoms with E-state index in [-0.39, 0.29) is 23.6 Å². The minimum absolute atomic E-state index is 0.0785. The van der Waals surface area contributed by atoms with Crippen molar-refractivity contribution in [1.29, 1.82) is 0 Å². The number of carbonyl (C=O) groups excluding carboxylic acids is 2. The Bertz CT molecular complexity index is 1660. The summed E-state index contributed by atoms with van der Waals surface area (Å²) in [6, 6.07) is 24.5. The lowest BCUT2D eigenvalue weighted by molar-refractivity contribution is -0.121. The summed E-state index contributed by atoms with van der Waals surface area (Å²) in [4.78, 5) is 43.0. The van der Waals surface area contributed by atoms with Gasteiger partial charge in [-0.05, 0) is 36.8 Å². The largest absolute Gasteiger partial charge is 0.296 e. The van der Waals surface area contributed by atoms with Crippen molar-refractivity contribution in [2.75, 3.05) is 0 Å². The molecule has 0 aliphatic carbocycles. The summed E-state index contributed by atoms with van der Waals surface area (Å²) in [7, 11) is 0. The molecule has 0 unspecified atom stereocenters. The van der Waals surface area contributed by atoms with Crippen LogP contribution < -0.4 is 16.4 Å². The molecule has 0 saturated heterocycles. The molecule has 37 heavy (non-hydrogen) atoms. The van der Waals surface area contributed by atoms with Crippen LogP contribution in [0.2, 0.25) is 0 Å². The molecule has 0 aliphatic rings. The van der Waals surface area contributed by atoms with Gasteiger partial charge in [-0.3, -0.25) is 29.8 Å². The zero-order valence-electron chi connectivity index (χ0n) is 20.3. The van der Waals surface area contributed by atoms with E-state index in [2.05, 4.69) is 16.0 Å². The number of rotatable bonds is 7. The molecule has 186 valence electrons. The Balaban J connectivity index is 1.31. The van der Waals surface area contributed by atoms with E-state index in [1.165, 1.54) is 4.68 Å². The highest BCUT2D eigenvalue weighted by Gasteiger charge is 2.18. The first-order chi connectivity index (χ1) is 18.1. The number of aromatic nitrogens is 4. The second-order valence-electron chi connectivity index (χ2n) is 8.61. The smallest absolute Gasteiger partial charge is 0.290 e. The molecule has 0 atom stereocenters. The molecule has 5 aromatic rings. The molecule has 0 aliphatic heterocycles. The number of hydrogen-bond acceptors (Lipinski definition) is 5. The average molecular weight is 495 g/mol. The highest BCUT2D eigenvalue weighted by atomic mass is 16.2. The van der Waals surface area contributed by atoms with E-state index in [4.69, 9.17) is 4.98 Å². The third kappa shape index (κ3) is 4.84. The van der Waals surface area contributed by atoms with Gasteiger partial charge in [0.05, 0.1) is 16.4 Å². The van der Waals surface area contributed by atoms with Crippen LogP contribution >= 0.6 is 0 Å². The lowest BCUT2D eigenvalue weighted by atomic mass is 10.1. The van der Waals surface area contributed by atoms with Crippen LogP contribution in [-0.2, 0) is 17.8 Å². The first-order valence-corrected chi connectivity index (χ1v) is 12.2. The maximum atomic E-state index is 12.9. The molecular weight excluding hydrogens is 468 g/mol. The molecule has 2 heterocycles. The van der Waals surface area contributed by atoms with Gasteiger partial charge in [-0.2, -0.15) is 5.10 Å². The molecule has 5 rings (SSSR count). The summed E-state index contributed by atoms with van der Waals surface area (Å²) in [5.41, 5.74) is 7.50. The van der Waals surface area contributed by atoms with Gasteiger partial charge in [0.25, 0.3) is 11.5 Å². The Morgan fingerprint density at radius 2 is 1.57 bits per heavy atom. The van der Waals surface area contributed by atoms with Crippen molar-refractivity contribution in [1.82, 2.24) is 30.2 Å². The van der Waals surface area contributed by atoms with Gasteiger partial charge in [-0.15, -0.1) is 0 Å². The Labute approximate surface area is 212 Å². The van der Waals surface area contributed by atoms with Crippen molar-refractivity contribution in [2.45, 2.75) is 32.7 Å². The van der Waals surface area contributed by atoms with Gasteiger partial charge in [0, 0.05) is 30.5 Å². The van der Waals surface area contributed by atoms with Crippen LogP contribution in [-0.4, -0.2) is 31.1 Å². The molecule has 3 aromatic carbocycles. The molecular formula is C28H26N6O3. The fourth-order valence-electron chi connectivity index (χ4n) is 4.35. The molecule has 2 aromatic heterocycles. The Hall–Kier alpha value is -4.79. The van der Waals surface area contributed by atoms with E-state index in [1.807, 2.05) is 66.1 Å². The number of fused-ring (bicyclic) bond motifs is 2. The molecule has 9 nitrogen and oxygen atoms in total. The van der Waals surface area contributed by atoms with Crippen molar-refractivity contribution in [3.63, 3.8) is 0 Å². The van der Waals surface area contributed by atoms with E-state index in [9.17, 15) is 14.4 Å². The zero-order valence-corrected chi connectivity index (χ0v) is 20.3. The van der Waals surface area contributed by atoms with E-state index < -0.39 is 5.91 Å². The van der Waals surface area contributed by atoms with Crippen LogP contribution in [0.4, 0.5) is 0 Å². The van der Waals surface area contributed by atoms with Gasteiger partial charge in [-0.1, -0.05) is 55.5 Å². The molecule has 0 fully saturated rings. The average Bonchev–Trinajstić information content (AvgIpc) is 3.31. The number of amides is 2. The number of hydrazine groups is 1. The lowest BCUT2D eigenvalue weighted by Gasteiger charge is -2.12. The van der Waals surface area contributed by atoms with Crippen LogP contribution in [0.25, 0.3) is 27.5 Å². The number of nitrogens with one attached hydrogen (secondary N) is 2. The fraction of sp³-hybridized carbons (Fsp3) is 0.179. The maximum Gasteiger partial charge on any atom is 0.290 e. The number of para-hydroxylation sites is 3. The van der Waals surface area contributed by atoms with Crippen LogP contribution in [0.5, 0.6) is 0 Å². The number of hydrogen-bond donors (Lipinski definition) is 2. The predicted molar refractivity (Wildman–Crippen MR) is 141 cm³/mol. The van der Waals surface area contributed by atoms with Crippen molar-refractivity contribution in [3.8, 4) is 5.69 Å². The quantitative estimate of drug-likeness (QED) is 0.336. The zero-order chi connectivity index (χ0) is 25.8. The third-order valence-corrected chi connectivity index (χ3v) is 6.05. The second-order valence-corrected chi connectivity index (χ2v) is 8.61. The summed E-state index contributed by atoms with van der Waals surface area (Å²) >= 11 is 0. The first-order valence-electron chi connectivity index (χ1n) is 12.2. The Morgan fingerprint density at radius 1 is 0.865 bits per heavy atom. The lowest BCUT2D eigenvalue weighted by Crippen LogP contribution is -2.43. The van der Waals surface area contributed by atoms with Crippen molar-refractivity contribution in [3.05, 3.63) is 101 Å². The SMILES string of the molecule is CCCn1nc(C(=O)NNC(=O)CCc2nc3ccccc3n2-c2ccccc2)c2ccccc2c1=O. The third-order valence-electron chi connectivity index (χ3n) is 6.05. The number of nitrogens with zero attached hydrogens (tertiary/aromatic N) is 4. The second kappa shape index (κ2) is 10.4. The van der Waals surface area contributed by atoms with Gasteiger partial charge < -0.3 is 0 Å². The monoisotopic (exact) mass is 494 g/mol. The number of benzene rings is 3. The van der Waals surface area contributed by atoms with Gasteiger partial charge in [0.15, 0.2) is 5.69 Å². The summed E-state index contributed by atoms with van der Waals surface area (Å²) in [6.07, 6.45) is 1.17. The molecule has 0 radical (unpaired) electrons. The molecule has 9 heteroatoms. The topological polar surface area (TPSA) is 111 Å².